The predicted octanol–water partition coefficient (Wildman–Crippen LogP) is 4.73. The fraction of sp³-hybridized carbons (Fsp3) is 0.448. The maximum Gasteiger partial charge on any atom is 0.290 e. The molecule has 0 aromatic heterocycles. The number of ketones is 1. The lowest BCUT2D eigenvalue weighted by molar-refractivity contribution is -0.137. The van der Waals surface area contributed by atoms with Crippen molar-refractivity contribution in [3.63, 3.8) is 0 Å². The van der Waals surface area contributed by atoms with Gasteiger partial charge in [-0.15, -0.1) is 0 Å². The predicted molar refractivity (Wildman–Crippen MR) is 132 cm³/mol. The minimum absolute atomic E-state index is 0.0797. The summed E-state index contributed by atoms with van der Waals surface area (Å²) < 4.78 is 16.9. The highest BCUT2D eigenvalue weighted by Crippen LogP contribution is 2.48. The number of hydrogen-bond donors (Lipinski definition) is 0. The second-order valence-corrected chi connectivity index (χ2v) is 10.1. The largest absolute Gasteiger partial charge is 0.497 e. The number of carbonyl (C=O) groups excluding carboxylic acids is 2. The maximum absolute atomic E-state index is 13.9. The molecule has 1 amide bonds. The molecule has 0 spiro atoms. The number of hydrogen-bond acceptors (Lipinski definition) is 5. The lowest BCUT2D eigenvalue weighted by atomic mass is 9.70. The van der Waals surface area contributed by atoms with Crippen molar-refractivity contribution in [2.75, 3.05) is 20.8 Å². The van der Waals surface area contributed by atoms with Gasteiger partial charge < -0.3 is 19.1 Å². The average molecular weight is 476 g/mol. The number of fused-ring (bicyclic) bond motifs is 1. The molecule has 1 saturated carbocycles. The van der Waals surface area contributed by atoms with Crippen molar-refractivity contribution in [1.29, 1.82) is 0 Å². The van der Waals surface area contributed by atoms with Crippen molar-refractivity contribution < 1.29 is 23.8 Å². The van der Waals surface area contributed by atoms with E-state index in [2.05, 4.69) is 13.8 Å². The number of benzene rings is 2. The molecule has 0 N–H and O–H groups in total. The summed E-state index contributed by atoms with van der Waals surface area (Å²) in [5, 5.41) is 0. The van der Waals surface area contributed by atoms with Gasteiger partial charge in [-0.25, -0.2) is 0 Å². The zero-order chi connectivity index (χ0) is 24.7. The SMILES string of the molecule is COc1ccc(CCN2C(=O)C3=C(C(=O)C4CC(C)C(C)CC4O3)C2c2ccc(OC)cc2)cc1. The molecule has 6 heteroatoms. The Balaban J connectivity index is 1.48. The van der Waals surface area contributed by atoms with Crippen molar-refractivity contribution >= 4 is 11.7 Å². The molecule has 1 aliphatic carbocycles. The first-order valence-corrected chi connectivity index (χ1v) is 12.4. The van der Waals surface area contributed by atoms with E-state index >= 15 is 0 Å². The number of methoxy groups -OCH3 is 2. The number of ether oxygens (including phenoxy) is 3. The lowest BCUT2D eigenvalue weighted by Crippen LogP contribution is -2.43. The Kier molecular flexibility index (Phi) is 6.30. The van der Waals surface area contributed by atoms with E-state index in [1.54, 1.807) is 19.1 Å². The monoisotopic (exact) mass is 475 g/mol. The molecule has 2 aromatic carbocycles. The third-order valence-corrected chi connectivity index (χ3v) is 8.04. The molecular formula is C29H33NO5. The van der Waals surface area contributed by atoms with Crippen molar-refractivity contribution in [2.24, 2.45) is 17.8 Å². The van der Waals surface area contributed by atoms with Gasteiger partial charge in [0.15, 0.2) is 11.5 Å². The highest BCUT2D eigenvalue weighted by molar-refractivity contribution is 6.11. The van der Waals surface area contributed by atoms with Gasteiger partial charge >= 0.3 is 0 Å². The summed E-state index contributed by atoms with van der Waals surface area (Å²) in [5.41, 5.74) is 2.52. The van der Waals surface area contributed by atoms with Crippen LogP contribution in [0.4, 0.5) is 0 Å². The number of nitrogens with zero attached hydrogens (tertiary/aromatic N) is 1. The van der Waals surface area contributed by atoms with E-state index in [1.807, 2.05) is 48.5 Å². The molecule has 2 heterocycles. The van der Waals surface area contributed by atoms with E-state index in [0.29, 0.717) is 30.4 Å². The first kappa shape index (κ1) is 23.5. The summed E-state index contributed by atoms with van der Waals surface area (Å²) in [6.07, 6.45) is 2.06. The van der Waals surface area contributed by atoms with Crippen LogP contribution in [0.1, 0.15) is 43.9 Å². The van der Waals surface area contributed by atoms with Crippen LogP contribution in [-0.4, -0.2) is 43.5 Å². The minimum Gasteiger partial charge on any atom is -0.497 e. The molecule has 1 fully saturated rings. The highest BCUT2D eigenvalue weighted by Gasteiger charge is 2.53. The third kappa shape index (κ3) is 4.19. The van der Waals surface area contributed by atoms with Crippen LogP contribution in [0.15, 0.2) is 59.9 Å². The van der Waals surface area contributed by atoms with Crippen LogP contribution < -0.4 is 9.47 Å². The smallest absolute Gasteiger partial charge is 0.290 e. The topological polar surface area (TPSA) is 65.1 Å². The molecule has 6 nitrogen and oxygen atoms in total. The number of carbonyl (C=O) groups is 2. The Morgan fingerprint density at radius 1 is 0.886 bits per heavy atom. The van der Waals surface area contributed by atoms with E-state index in [4.69, 9.17) is 14.2 Å². The Labute approximate surface area is 206 Å². The summed E-state index contributed by atoms with van der Waals surface area (Å²) in [6, 6.07) is 15.0. The molecule has 35 heavy (non-hydrogen) atoms. The van der Waals surface area contributed by atoms with Gasteiger partial charge in [0.2, 0.25) is 0 Å². The van der Waals surface area contributed by atoms with Gasteiger partial charge in [-0.1, -0.05) is 38.1 Å². The Bertz CT molecular complexity index is 1140. The zero-order valence-corrected chi connectivity index (χ0v) is 20.8. The zero-order valence-electron chi connectivity index (χ0n) is 20.8. The number of rotatable bonds is 6. The Morgan fingerprint density at radius 2 is 1.49 bits per heavy atom. The van der Waals surface area contributed by atoms with E-state index in [9.17, 15) is 9.59 Å². The first-order valence-electron chi connectivity index (χ1n) is 12.4. The number of amides is 1. The van der Waals surface area contributed by atoms with E-state index < -0.39 is 6.04 Å². The van der Waals surface area contributed by atoms with Crippen LogP contribution in [-0.2, 0) is 20.7 Å². The summed E-state index contributed by atoms with van der Waals surface area (Å²) in [4.78, 5) is 29.4. The number of Topliss-reactive ketones (excluding diaryl/α,β-unsaturated/α-hetero) is 1. The molecule has 5 atom stereocenters. The molecular weight excluding hydrogens is 442 g/mol. The van der Waals surface area contributed by atoms with Crippen LogP contribution in [0.3, 0.4) is 0 Å². The first-order chi connectivity index (χ1) is 16.9. The van der Waals surface area contributed by atoms with Gasteiger partial charge in [-0.3, -0.25) is 9.59 Å². The maximum atomic E-state index is 13.9. The van der Waals surface area contributed by atoms with Crippen molar-refractivity contribution in [2.45, 2.75) is 45.3 Å². The summed E-state index contributed by atoms with van der Waals surface area (Å²) >= 11 is 0. The summed E-state index contributed by atoms with van der Waals surface area (Å²) in [5.74, 6) is 2.41. The van der Waals surface area contributed by atoms with Crippen molar-refractivity contribution in [3.05, 3.63) is 71.0 Å². The molecule has 2 aliphatic heterocycles. The van der Waals surface area contributed by atoms with E-state index in [1.165, 1.54) is 0 Å². The minimum atomic E-state index is -0.454. The van der Waals surface area contributed by atoms with Gasteiger partial charge in [0.25, 0.3) is 5.91 Å². The summed E-state index contributed by atoms with van der Waals surface area (Å²) in [6.45, 7) is 4.89. The summed E-state index contributed by atoms with van der Waals surface area (Å²) in [7, 11) is 3.27. The van der Waals surface area contributed by atoms with Gasteiger partial charge in [-0.05, 0) is 66.5 Å². The molecule has 184 valence electrons. The van der Waals surface area contributed by atoms with Crippen LogP contribution >= 0.6 is 0 Å². The fourth-order valence-corrected chi connectivity index (χ4v) is 5.71. The standard InChI is InChI=1S/C29H33NO5/c1-17-15-23-24(16-18(17)2)35-28-25(27(23)31)26(20-7-11-22(34-4)12-8-20)30(29(28)32)14-13-19-5-9-21(33-3)10-6-19/h5-12,17-18,23-24,26H,13-16H2,1-4H3. The average Bonchev–Trinajstić information content (AvgIpc) is 3.16. The molecule has 0 bridgehead atoms. The van der Waals surface area contributed by atoms with E-state index in [-0.39, 0.29) is 29.5 Å². The molecule has 0 saturated heterocycles. The highest BCUT2D eigenvalue weighted by atomic mass is 16.5. The fourth-order valence-electron chi connectivity index (χ4n) is 5.71. The van der Waals surface area contributed by atoms with Gasteiger partial charge in [-0.2, -0.15) is 0 Å². The quantitative estimate of drug-likeness (QED) is 0.604. The molecule has 5 rings (SSSR count). The van der Waals surface area contributed by atoms with Gasteiger partial charge in [0, 0.05) is 6.54 Å². The molecule has 3 aliphatic rings. The molecule has 2 aromatic rings. The normalized spacial score (nSPS) is 27.9. The third-order valence-electron chi connectivity index (χ3n) is 8.04. The van der Waals surface area contributed by atoms with Gasteiger partial charge in [0.1, 0.15) is 17.6 Å². The van der Waals surface area contributed by atoms with Gasteiger partial charge in [0.05, 0.1) is 31.8 Å². The molecule has 5 unspecified atom stereocenters. The van der Waals surface area contributed by atoms with Crippen molar-refractivity contribution in [3.8, 4) is 11.5 Å². The Morgan fingerprint density at radius 3 is 2.11 bits per heavy atom. The second kappa shape index (κ2) is 9.40. The van der Waals surface area contributed by atoms with Crippen LogP contribution in [0.25, 0.3) is 0 Å². The van der Waals surface area contributed by atoms with E-state index in [0.717, 1.165) is 35.5 Å². The second-order valence-electron chi connectivity index (χ2n) is 10.1. The molecule has 0 radical (unpaired) electrons. The van der Waals surface area contributed by atoms with Crippen LogP contribution in [0.5, 0.6) is 11.5 Å². The van der Waals surface area contributed by atoms with Crippen LogP contribution in [0.2, 0.25) is 0 Å². The lowest BCUT2D eigenvalue weighted by Gasteiger charge is -2.40. The van der Waals surface area contributed by atoms with Crippen LogP contribution in [0, 0.1) is 17.8 Å². The van der Waals surface area contributed by atoms with Crippen molar-refractivity contribution in [1.82, 2.24) is 4.90 Å². The Hall–Kier alpha value is -3.28.